The molecule has 0 fully saturated rings. The number of hydrogen-bond acceptors (Lipinski definition) is 10. The molecule has 272 valence electrons. The fourth-order valence-electron chi connectivity index (χ4n) is 5.72. The van der Waals surface area contributed by atoms with Crippen LogP contribution in [0.15, 0.2) is 72.2 Å². The van der Waals surface area contributed by atoms with Crippen LogP contribution in [-0.2, 0) is 26.2 Å². The predicted octanol–water partition coefficient (Wildman–Crippen LogP) is 4.60. The maximum absolute atomic E-state index is 14.3. The second-order valence-electron chi connectivity index (χ2n) is 11.9. The molecule has 3 N–H and O–H groups in total. The van der Waals surface area contributed by atoms with Gasteiger partial charge < -0.3 is 15.3 Å². The average molecular weight is 757 g/mol. The number of carbonyl (C=O) groups is 4. The van der Waals surface area contributed by atoms with Gasteiger partial charge in [-0.25, -0.2) is 22.1 Å². The number of terminal acetylenes is 1. The van der Waals surface area contributed by atoms with E-state index in [0.717, 1.165) is 29.5 Å². The Bertz CT molecular complexity index is 2210. The molecular weight excluding hydrogens is 724 g/mol. The number of rotatable bonds is 15. The van der Waals surface area contributed by atoms with E-state index in [9.17, 15) is 37.1 Å². The van der Waals surface area contributed by atoms with Crippen molar-refractivity contribution in [1.29, 1.82) is 5.26 Å². The molecule has 1 aliphatic rings. The first-order valence-electron chi connectivity index (χ1n) is 16.3. The van der Waals surface area contributed by atoms with E-state index in [4.69, 9.17) is 11.7 Å². The minimum atomic E-state index is -4.09. The Morgan fingerprint density at radius 2 is 1.85 bits per heavy atom. The fraction of sp³-hybridized carbons (Fsp3) is 0.243. The number of nitrogens with zero attached hydrogens (tertiary/aromatic N) is 4. The van der Waals surface area contributed by atoms with Gasteiger partial charge in [0, 0.05) is 54.2 Å². The SMILES string of the molecule is C#CCCCC(=O)N(CC#N)S(=O)(=O)CCCNC(=O)c1ccc(-c2ccc3c(c2)C(=O)N(C(C(=O)Nc2nccs2)c2cc(F)ccc2O)C3)cc1. The lowest BCUT2D eigenvalue weighted by Gasteiger charge is -2.27. The molecule has 13 nitrogen and oxygen atoms in total. The molecular formula is C37H33FN6O7S2. The van der Waals surface area contributed by atoms with Crippen LogP contribution in [0.4, 0.5) is 9.52 Å². The van der Waals surface area contributed by atoms with Crippen molar-refractivity contribution in [2.24, 2.45) is 0 Å². The van der Waals surface area contributed by atoms with Gasteiger partial charge in [0.05, 0.1) is 11.8 Å². The summed E-state index contributed by atoms with van der Waals surface area (Å²) in [6, 6.07) is 15.2. The molecule has 0 saturated carbocycles. The molecule has 1 unspecified atom stereocenters. The third-order valence-corrected chi connectivity index (χ3v) is 10.8. The third kappa shape index (κ3) is 9.04. The normalized spacial score (nSPS) is 12.7. The van der Waals surface area contributed by atoms with Gasteiger partial charge in [0.15, 0.2) is 5.13 Å². The summed E-state index contributed by atoms with van der Waals surface area (Å²) in [7, 11) is -4.09. The molecule has 4 amide bonds. The molecule has 0 aliphatic carbocycles. The van der Waals surface area contributed by atoms with Crippen LogP contribution in [0.25, 0.3) is 11.1 Å². The Morgan fingerprint density at radius 3 is 2.55 bits per heavy atom. The van der Waals surface area contributed by atoms with E-state index in [1.54, 1.807) is 53.9 Å². The second-order valence-corrected chi connectivity index (χ2v) is 14.8. The van der Waals surface area contributed by atoms with Gasteiger partial charge >= 0.3 is 0 Å². The zero-order chi connectivity index (χ0) is 38.1. The van der Waals surface area contributed by atoms with Crippen molar-refractivity contribution in [3.63, 3.8) is 0 Å². The summed E-state index contributed by atoms with van der Waals surface area (Å²) in [5.41, 5.74) is 2.45. The van der Waals surface area contributed by atoms with Crippen molar-refractivity contribution in [3.8, 4) is 35.3 Å². The molecule has 3 aromatic carbocycles. The molecule has 1 aliphatic heterocycles. The van der Waals surface area contributed by atoms with Crippen LogP contribution in [0.1, 0.15) is 63.6 Å². The molecule has 1 aromatic heterocycles. The number of fused-ring (bicyclic) bond motifs is 1. The smallest absolute Gasteiger partial charge is 0.255 e. The number of thiazole rings is 1. The number of unbranched alkanes of at least 4 members (excludes halogenated alkanes) is 1. The van der Waals surface area contributed by atoms with Gasteiger partial charge in [0.1, 0.15) is 24.2 Å². The number of amides is 4. The first-order chi connectivity index (χ1) is 25.4. The first-order valence-corrected chi connectivity index (χ1v) is 18.8. The topological polar surface area (TPSA) is 190 Å². The maximum atomic E-state index is 14.3. The van der Waals surface area contributed by atoms with Crippen LogP contribution in [0, 0.1) is 29.5 Å². The molecule has 53 heavy (non-hydrogen) atoms. The quantitative estimate of drug-likeness (QED) is 0.0885. The summed E-state index contributed by atoms with van der Waals surface area (Å²) < 4.78 is 40.3. The number of phenols is 1. The number of halogens is 1. The van der Waals surface area contributed by atoms with Crippen molar-refractivity contribution in [1.82, 2.24) is 19.5 Å². The highest BCUT2D eigenvalue weighted by Crippen LogP contribution is 2.38. The lowest BCUT2D eigenvalue weighted by Crippen LogP contribution is -2.39. The number of phenolic OH excluding ortho intramolecular Hbond substituents is 1. The number of benzene rings is 3. The lowest BCUT2D eigenvalue weighted by molar-refractivity contribution is -0.126. The van der Waals surface area contributed by atoms with Crippen LogP contribution in [0.2, 0.25) is 0 Å². The summed E-state index contributed by atoms with van der Waals surface area (Å²) in [5, 5.41) is 26.8. The number of hydrogen-bond donors (Lipinski definition) is 3. The van der Waals surface area contributed by atoms with Gasteiger partial charge in [-0.2, -0.15) is 5.26 Å². The van der Waals surface area contributed by atoms with Gasteiger partial charge in [-0.05, 0) is 65.9 Å². The van der Waals surface area contributed by atoms with Gasteiger partial charge in [0.25, 0.3) is 17.7 Å². The molecule has 5 rings (SSSR count). The van der Waals surface area contributed by atoms with Crippen LogP contribution in [0.3, 0.4) is 0 Å². The van der Waals surface area contributed by atoms with Crippen molar-refractivity contribution in [2.45, 2.75) is 38.3 Å². The maximum Gasteiger partial charge on any atom is 0.255 e. The van der Waals surface area contributed by atoms with Crippen LogP contribution < -0.4 is 10.6 Å². The largest absolute Gasteiger partial charge is 0.508 e. The van der Waals surface area contributed by atoms with E-state index < -0.39 is 57.8 Å². The standard InChI is InChI=1S/C37H33FN6O7S2/c1-2-3-4-6-32(46)44(18-15-39)53(50,51)20-5-16-40-34(47)25-9-7-24(8-10-25)26-11-12-27-23-43(36(49)29(27)21-26)33(30-22-28(38)13-14-31(30)45)35(48)42-37-41-17-19-52-37/h1,7-14,17,19,21-22,33,45H,3-6,16,18,20,23H2,(H,40,47)(H,41,42,48). The first kappa shape index (κ1) is 38.1. The molecule has 1 atom stereocenters. The summed E-state index contributed by atoms with van der Waals surface area (Å²) in [4.78, 5) is 57.8. The molecule has 16 heteroatoms. The summed E-state index contributed by atoms with van der Waals surface area (Å²) in [6.07, 6.45) is 7.16. The number of aromatic hydroxyl groups is 1. The number of aromatic nitrogens is 1. The Kier molecular flexibility index (Phi) is 12.2. The van der Waals surface area contributed by atoms with Crippen LogP contribution in [-0.4, -0.2) is 70.2 Å². The molecule has 0 radical (unpaired) electrons. The zero-order valence-electron chi connectivity index (χ0n) is 28.1. The molecule has 0 saturated heterocycles. The van der Waals surface area contributed by atoms with Gasteiger partial charge in [-0.15, -0.1) is 23.7 Å². The predicted molar refractivity (Wildman–Crippen MR) is 194 cm³/mol. The van der Waals surface area contributed by atoms with E-state index in [1.807, 2.05) is 0 Å². The Morgan fingerprint density at radius 1 is 1.09 bits per heavy atom. The molecule has 2 heterocycles. The van der Waals surface area contributed by atoms with Crippen molar-refractivity contribution in [2.75, 3.05) is 24.2 Å². The highest BCUT2D eigenvalue weighted by atomic mass is 32.2. The van der Waals surface area contributed by atoms with E-state index in [2.05, 4.69) is 21.5 Å². The van der Waals surface area contributed by atoms with Crippen molar-refractivity contribution < 1.29 is 37.1 Å². The van der Waals surface area contributed by atoms with Crippen molar-refractivity contribution in [3.05, 3.63) is 100 Å². The highest BCUT2D eigenvalue weighted by molar-refractivity contribution is 7.89. The Hall–Kier alpha value is -6.10. The van der Waals surface area contributed by atoms with Gasteiger partial charge in [-0.1, -0.05) is 24.3 Å². The van der Waals surface area contributed by atoms with E-state index in [0.29, 0.717) is 45.0 Å². The summed E-state index contributed by atoms with van der Waals surface area (Å²) >= 11 is 1.16. The van der Waals surface area contributed by atoms with Crippen molar-refractivity contribution >= 4 is 50.1 Å². The fourth-order valence-corrected chi connectivity index (χ4v) is 7.64. The average Bonchev–Trinajstić information content (AvgIpc) is 3.77. The minimum absolute atomic E-state index is 0.00182. The number of sulfonamides is 1. The Labute approximate surface area is 309 Å². The summed E-state index contributed by atoms with van der Waals surface area (Å²) in [5.74, 6) is -1.49. The summed E-state index contributed by atoms with van der Waals surface area (Å²) in [6.45, 7) is -0.608. The number of anilines is 1. The second kappa shape index (κ2) is 16.9. The molecule has 0 spiro atoms. The molecule has 0 bridgehead atoms. The number of carbonyl (C=O) groups excluding carboxylic acids is 4. The van der Waals surface area contributed by atoms with Gasteiger partial charge in [-0.3, -0.25) is 24.5 Å². The zero-order valence-corrected chi connectivity index (χ0v) is 29.8. The third-order valence-electron chi connectivity index (χ3n) is 8.33. The number of nitriles is 1. The van der Waals surface area contributed by atoms with E-state index in [-0.39, 0.29) is 42.4 Å². The van der Waals surface area contributed by atoms with E-state index >= 15 is 0 Å². The molecule has 4 aromatic rings. The Balaban J connectivity index is 1.23. The van der Waals surface area contributed by atoms with E-state index in [1.165, 1.54) is 11.1 Å². The number of nitrogens with one attached hydrogen (secondary N) is 2. The highest BCUT2D eigenvalue weighted by Gasteiger charge is 2.39. The van der Waals surface area contributed by atoms with Crippen LogP contribution in [0.5, 0.6) is 5.75 Å². The van der Waals surface area contributed by atoms with Crippen LogP contribution >= 0.6 is 11.3 Å². The van der Waals surface area contributed by atoms with Gasteiger partial charge in [0.2, 0.25) is 15.9 Å². The lowest BCUT2D eigenvalue weighted by atomic mass is 9.99. The monoisotopic (exact) mass is 756 g/mol. The minimum Gasteiger partial charge on any atom is -0.508 e.